The van der Waals surface area contributed by atoms with Crippen molar-refractivity contribution in [3.63, 3.8) is 0 Å². The maximum atomic E-state index is 11.3. The highest BCUT2D eigenvalue weighted by Crippen LogP contribution is 2.24. The molecule has 0 amide bonds. The number of rotatable bonds is 7. The van der Waals surface area contributed by atoms with Crippen LogP contribution in [0, 0.1) is 0 Å². The fraction of sp³-hybridized carbons (Fsp3) is 0.421. The Hall–Kier alpha value is -1.96. The molecule has 7 heteroatoms. The van der Waals surface area contributed by atoms with Crippen LogP contribution in [0.1, 0.15) is 36.1 Å². The lowest BCUT2D eigenvalue weighted by atomic mass is 10.0. The zero-order valence-corrected chi connectivity index (χ0v) is 15.9. The third-order valence-electron chi connectivity index (χ3n) is 4.44. The first-order chi connectivity index (χ1) is 12.4. The van der Waals surface area contributed by atoms with Gasteiger partial charge in [0, 0.05) is 30.9 Å². The van der Waals surface area contributed by atoms with Crippen LogP contribution >= 0.6 is 0 Å². The van der Waals surface area contributed by atoms with Crippen LogP contribution in [0.4, 0.5) is 0 Å². The van der Waals surface area contributed by atoms with E-state index in [2.05, 4.69) is 21.1 Å². The molecule has 0 fully saturated rings. The predicted octanol–water partition coefficient (Wildman–Crippen LogP) is 2.18. The standard InChI is InChI=1S/C19H25N3O3S/c1-14(22-26(2,23)24)16-7-5-15(6-8-16)12-20-13-18-10-9-17-4-3-11-21-19(17)25-18/h3-8,11,14,18,20,22H,9-10,12-13H2,1-2H3/t14-,18?/m1/s1. The van der Waals surface area contributed by atoms with Crippen molar-refractivity contribution < 1.29 is 13.2 Å². The van der Waals surface area contributed by atoms with Gasteiger partial charge in [-0.1, -0.05) is 30.3 Å². The summed E-state index contributed by atoms with van der Waals surface area (Å²) in [5.41, 5.74) is 3.27. The fourth-order valence-corrected chi connectivity index (χ4v) is 3.87. The second-order valence-corrected chi connectivity index (χ2v) is 8.51. The van der Waals surface area contributed by atoms with Gasteiger partial charge in [0.2, 0.25) is 15.9 Å². The molecule has 0 spiro atoms. The number of pyridine rings is 1. The number of aryl methyl sites for hydroxylation is 1. The minimum Gasteiger partial charge on any atom is -0.473 e. The van der Waals surface area contributed by atoms with Crippen molar-refractivity contribution in [2.24, 2.45) is 0 Å². The quantitative estimate of drug-likeness (QED) is 0.775. The van der Waals surface area contributed by atoms with Gasteiger partial charge in [-0.3, -0.25) is 0 Å². The molecule has 0 saturated heterocycles. The Morgan fingerprint density at radius 2 is 2.04 bits per heavy atom. The van der Waals surface area contributed by atoms with Crippen molar-refractivity contribution in [1.82, 2.24) is 15.0 Å². The smallest absolute Gasteiger partial charge is 0.216 e. The molecule has 1 aromatic carbocycles. The number of hydrogen-bond acceptors (Lipinski definition) is 5. The van der Waals surface area contributed by atoms with Gasteiger partial charge >= 0.3 is 0 Å². The molecule has 0 radical (unpaired) electrons. The van der Waals surface area contributed by atoms with E-state index in [0.717, 1.165) is 42.9 Å². The zero-order chi connectivity index (χ0) is 18.6. The van der Waals surface area contributed by atoms with Crippen molar-refractivity contribution in [1.29, 1.82) is 0 Å². The van der Waals surface area contributed by atoms with E-state index in [4.69, 9.17) is 4.74 Å². The van der Waals surface area contributed by atoms with Gasteiger partial charge in [-0.25, -0.2) is 18.1 Å². The van der Waals surface area contributed by atoms with Crippen molar-refractivity contribution in [3.8, 4) is 5.88 Å². The van der Waals surface area contributed by atoms with Gasteiger partial charge in [0.05, 0.1) is 6.26 Å². The number of fused-ring (bicyclic) bond motifs is 1. The molecule has 6 nitrogen and oxygen atoms in total. The third kappa shape index (κ3) is 5.27. The van der Waals surface area contributed by atoms with Crippen LogP contribution in [0.2, 0.25) is 0 Å². The summed E-state index contributed by atoms with van der Waals surface area (Å²) in [5.74, 6) is 0.752. The van der Waals surface area contributed by atoms with E-state index in [0.29, 0.717) is 0 Å². The highest BCUT2D eigenvalue weighted by atomic mass is 32.2. The Morgan fingerprint density at radius 3 is 2.77 bits per heavy atom. The molecule has 1 aromatic heterocycles. The molecule has 0 bridgehead atoms. The lowest BCUT2D eigenvalue weighted by Crippen LogP contribution is -2.34. The fourth-order valence-electron chi connectivity index (χ4n) is 3.09. The molecule has 2 heterocycles. The molecular formula is C19H25N3O3S. The van der Waals surface area contributed by atoms with Gasteiger partial charge in [-0.2, -0.15) is 0 Å². The number of sulfonamides is 1. The molecule has 0 aliphatic carbocycles. The Balaban J connectivity index is 1.47. The molecular weight excluding hydrogens is 350 g/mol. The predicted molar refractivity (Wildman–Crippen MR) is 102 cm³/mol. The summed E-state index contributed by atoms with van der Waals surface area (Å²) in [4.78, 5) is 4.29. The molecule has 2 aromatic rings. The van der Waals surface area contributed by atoms with Crippen molar-refractivity contribution >= 4 is 10.0 Å². The van der Waals surface area contributed by atoms with Gasteiger partial charge in [0.1, 0.15) is 6.10 Å². The number of benzene rings is 1. The van der Waals surface area contributed by atoms with Crippen LogP contribution in [0.25, 0.3) is 0 Å². The SMILES string of the molecule is C[C@@H](NS(C)(=O)=O)c1ccc(CNCC2CCc3cccnc3O2)cc1. The second-order valence-electron chi connectivity index (χ2n) is 6.73. The van der Waals surface area contributed by atoms with E-state index in [1.54, 1.807) is 6.20 Å². The van der Waals surface area contributed by atoms with Crippen molar-refractivity contribution in [2.45, 2.75) is 38.5 Å². The first-order valence-corrected chi connectivity index (χ1v) is 10.7. The summed E-state index contributed by atoms with van der Waals surface area (Å²) in [6, 6.07) is 11.7. The molecule has 1 aliphatic heterocycles. The number of nitrogens with zero attached hydrogens (tertiary/aromatic N) is 1. The molecule has 2 N–H and O–H groups in total. The maximum Gasteiger partial charge on any atom is 0.216 e. The Labute approximate surface area is 155 Å². The van der Waals surface area contributed by atoms with Crippen LogP contribution < -0.4 is 14.8 Å². The van der Waals surface area contributed by atoms with E-state index in [1.807, 2.05) is 37.3 Å². The summed E-state index contributed by atoms with van der Waals surface area (Å²) in [7, 11) is -3.21. The number of nitrogens with one attached hydrogen (secondary N) is 2. The van der Waals surface area contributed by atoms with Crippen LogP contribution in [0.5, 0.6) is 5.88 Å². The topological polar surface area (TPSA) is 80.3 Å². The number of hydrogen-bond donors (Lipinski definition) is 2. The molecule has 0 saturated carbocycles. The molecule has 1 aliphatic rings. The number of ether oxygens (including phenoxy) is 1. The first kappa shape index (κ1) is 18.8. The summed E-state index contributed by atoms with van der Waals surface area (Å²) < 4.78 is 31.1. The monoisotopic (exact) mass is 375 g/mol. The first-order valence-electron chi connectivity index (χ1n) is 8.78. The zero-order valence-electron chi connectivity index (χ0n) is 15.1. The van der Waals surface area contributed by atoms with Gasteiger partial charge in [-0.15, -0.1) is 0 Å². The minimum atomic E-state index is -3.21. The van der Waals surface area contributed by atoms with Gasteiger partial charge in [0.25, 0.3) is 0 Å². The van der Waals surface area contributed by atoms with Crippen molar-refractivity contribution in [2.75, 3.05) is 12.8 Å². The molecule has 2 atom stereocenters. The third-order valence-corrected chi connectivity index (χ3v) is 5.22. The average molecular weight is 375 g/mol. The molecule has 26 heavy (non-hydrogen) atoms. The van der Waals surface area contributed by atoms with E-state index in [9.17, 15) is 8.42 Å². The second kappa shape index (κ2) is 8.16. The van der Waals surface area contributed by atoms with Crippen LogP contribution in [0.3, 0.4) is 0 Å². The molecule has 140 valence electrons. The van der Waals surface area contributed by atoms with E-state index in [-0.39, 0.29) is 12.1 Å². The summed E-state index contributed by atoms with van der Waals surface area (Å²) >= 11 is 0. The Bertz CT molecular complexity index is 837. The average Bonchev–Trinajstić information content (AvgIpc) is 2.61. The normalized spacial score (nSPS) is 18.0. The molecule has 1 unspecified atom stereocenters. The lowest BCUT2D eigenvalue weighted by Gasteiger charge is -2.25. The van der Waals surface area contributed by atoms with E-state index < -0.39 is 10.0 Å². The van der Waals surface area contributed by atoms with Gasteiger partial charge in [0.15, 0.2) is 0 Å². The highest BCUT2D eigenvalue weighted by molar-refractivity contribution is 7.88. The van der Waals surface area contributed by atoms with Crippen molar-refractivity contribution in [3.05, 3.63) is 59.3 Å². The van der Waals surface area contributed by atoms with E-state index in [1.165, 1.54) is 11.8 Å². The van der Waals surface area contributed by atoms with Crippen LogP contribution in [0.15, 0.2) is 42.6 Å². The Kier molecular flexibility index (Phi) is 5.90. The van der Waals surface area contributed by atoms with Gasteiger partial charge in [-0.05, 0) is 37.0 Å². The van der Waals surface area contributed by atoms with Crippen LogP contribution in [-0.4, -0.2) is 32.3 Å². The van der Waals surface area contributed by atoms with Gasteiger partial charge < -0.3 is 10.1 Å². The summed E-state index contributed by atoms with van der Waals surface area (Å²) in [5, 5.41) is 3.42. The van der Waals surface area contributed by atoms with E-state index >= 15 is 0 Å². The summed E-state index contributed by atoms with van der Waals surface area (Å²) in [6.45, 7) is 3.34. The summed E-state index contributed by atoms with van der Waals surface area (Å²) in [6.07, 6.45) is 5.05. The Morgan fingerprint density at radius 1 is 1.27 bits per heavy atom. The maximum absolute atomic E-state index is 11.3. The largest absolute Gasteiger partial charge is 0.473 e. The lowest BCUT2D eigenvalue weighted by molar-refractivity contribution is 0.162. The number of aromatic nitrogens is 1. The highest BCUT2D eigenvalue weighted by Gasteiger charge is 2.19. The minimum absolute atomic E-state index is 0.135. The molecule has 3 rings (SSSR count). The van der Waals surface area contributed by atoms with Crippen LogP contribution in [-0.2, 0) is 23.0 Å².